The Balaban J connectivity index is 2.10. The van der Waals surface area contributed by atoms with Crippen molar-refractivity contribution in [1.29, 1.82) is 0 Å². The maximum Gasteiger partial charge on any atom is 0.416 e. The third kappa shape index (κ3) is 5.17. The van der Waals surface area contributed by atoms with Crippen LogP contribution in [0.1, 0.15) is 30.4 Å². The van der Waals surface area contributed by atoms with E-state index < -0.39 is 34.2 Å². The van der Waals surface area contributed by atoms with E-state index in [0.717, 1.165) is 41.8 Å². The normalized spacial score (nSPS) is 14.8. The number of halogens is 3. The fourth-order valence-electron chi connectivity index (χ4n) is 3.62. The molecule has 0 saturated carbocycles. The highest BCUT2D eigenvalue weighted by Crippen LogP contribution is 2.35. The van der Waals surface area contributed by atoms with E-state index in [9.17, 15) is 26.4 Å². The molecule has 0 unspecified atom stereocenters. The SMILES string of the molecule is COc1ccc(C)cc1S(=O)(=O)N(CC(=O)N1CCCCC1)c1cccc(C(F)(F)F)c1. The van der Waals surface area contributed by atoms with Crippen molar-refractivity contribution in [3.8, 4) is 5.75 Å². The molecule has 0 spiro atoms. The van der Waals surface area contributed by atoms with Gasteiger partial charge in [0.15, 0.2) is 0 Å². The topological polar surface area (TPSA) is 66.9 Å². The molecular formula is C22H25F3N2O4S. The lowest BCUT2D eigenvalue weighted by Crippen LogP contribution is -2.45. The van der Waals surface area contributed by atoms with Gasteiger partial charge in [-0.3, -0.25) is 9.10 Å². The van der Waals surface area contributed by atoms with Gasteiger partial charge in [0.25, 0.3) is 10.0 Å². The molecule has 6 nitrogen and oxygen atoms in total. The summed E-state index contributed by atoms with van der Waals surface area (Å²) >= 11 is 0. The van der Waals surface area contributed by atoms with E-state index >= 15 is 0 Å². The highest BCUT2D eigenvalue weighted by molar-refractivity contribution is 7.93. The molecule has 32 heavy (non-hydrogen) atoms. The lowest BCUT2D eigenvalue weighted by molar-refractivity contribution is -0.137. The van der Waals surface area contributed by atoms with Gasteiger partial charge in [-0.05, 0) is 62.1 Å². The molecule has 0 bridgehead atoms. The molecule has 0 atom stereocenters. The summed E-state index contributed by atoms with van der Waals surface area (Å²) in [6.07, 6.45) is -2.09. The minimum absolute atomic E-state index is 0.0398. The maximum absolute atomic E-state index is 13.6. The number of nitrogens with zero attached hydrogens (tertiary/aromatic N) is 2. The van der Waals surface area contributed by atoms with Crippen molar-refractivity contribution in [2.45, 2.75) is 37.3 Å². The van der Waals surface area contributed by atoms with Crippen LogP contribution in [0.5, 0.6) is 5.75 Å². The second-order valence-electron chi connectivity index (χ2n) is 7.66. The number of piperidine rings is 1. The minimum Gasteiger partial charge on any atom is -0.495 e. The van der Waals surface area contributed by atoms with Gasteiger partial charge in [-0.1, -0.05) is 12.1 Å². The van der Waals surface area contributed by atoms with Crippen LogP contribution in [-0.4, -0.2) is 46.0 Å². The fraction of sp³-hybridized carbons (Fsp3) is 0.409. The molecule has 0 N–H and O–H groups in total. The van der Waals surface area contributed by atoms with Crippen LogP contribution in [0, 0.1) is 6.92 Å². The predicted molar refractivity (Wildman–Crippen MR) is 114 cm³/mol. The molecule has 1 fully saturated rings. The van der Waals surface area contributed by atoms with Gasteiger partial charge in [-0.25, -0.2) is 8.42 Å². The average molecular weight is 471 g/mol. The second-order valence-corrected chi connectivity index (χ2v) is 9.49. The van der Waals surface area contributed by atoms with Crippen molar-refractivity contribution in [1.82, 2.24) is 4.90 Å². The Bertz CT molecular complexity index is 1080. The number of anilines is 1. The van der Waals surface area contributed by atoms with Gasteiger partial charge in [-0.2, -0.15) is 13.2 Å². The third-order valence-electron chi connectivity index (χ3n) is 5.34. The van der Waals surface area contributed by atoms with Gasteiger partial charge in [0.2, 0.25) is 5.91 Å². The highest BCUT2D eigenvalue weighted by atomic mass is 32.2. The first-order valence-corrected chi connectivity index (χ1v) is 11.6. The first-order chi connectivity index (χ1) is 15.0. The zero-order valence-corrected chi connectivity index (χ0v) is 18.7. The number of likely N-dealkylation sites (tertiary alicyclic amines) is 1. The summed E-state index contributed by atoms with van der Waals surface area (Å²) in [6, 6.07) is 8.47. The zero-order valence-electron chi connectivity index (χ0n) is 17.9. The maximum atomic E-state index is 13.6. The second kappa shape index (κ2) is 9.40. The first-order valence-electron chi connectivity index (χ1n) is 10.2. The predicted octanol–water partition coefficient (Wildman–Crippen LogP) is 4.23. The largest absolute Gasteiger partial charge is 0.495 e. The van der Waals surface area contributed by atoms with Crippen molar-refractivity contribution in [2.75, 3.05) is 31.0 Å². The van der Waals surface area contributed by atoms with Crippen LogP contribution in [0.25, 0.3) is 0 Å². The zero-order chi connectivity index (χ0) is 23.5. The Morgan fingerprint density at radius 1 is 1.09 bits per heavy atom. The Morgan fingerprint density at radius 3 is 2.41 bits per heavy atom. The van der Waals surface area contributed by atoms with Gasteiger partial charge in [0, 0.05) is 13.1 Å². The number of carbonyl (C=O) groups is 1. The monoisotopic (exact) mass is 470 g/mol. The molecule has 0 radical (unpaired) electrons. The number of methoxy groups -OCH3 is 1. The van der Waals surface area contributed by atoms with E-state index in [2.05, 4.69) is 0 Å². The minimum atomic E-state index is -4.66. The van der Waals surface area contributed by atoms with Gasteiger partial charge in [0.1, 0.15) is 17.2 Å². The third-order valence-corrected chi connectivity index (χ3v) is 7.13. The van der Waals surface area contributed by atoms with Crippen molar-refractivity contribution < 1.29 is 31.1 Å². The number of hydrogen-bond acceptors (Lipinski definition) is 4. The Kier molecular flexibility index (Phi) is 7.02. The number of sulfonamides is 1. The standard InChI is InChI=1S/C22H25F3N2O4S/c1-16-9-10-19(31-2)20(13-16)32(29,30)27(15-21(28)26-11-4-3-5-12-26)18-8-6-7-17(14-18)22(23,24)25/h6-10,13-14H,3-5,11-12,15H2,1-2H3. The summed E-state index contributed by atoms with van der Waals surface area (Å²) in [5, 5.41) is 0. The number of rotatable bonds is 6. The number of benzene rings is 2. The quantitative estimate of drug-likeness (QED) is 0.634. The fourth-order valence-corrected chi connectivity index (χ4v) is 5.27. The van der Waals surface area contributed by atoms with Crippen LogP contribution in [0.15, 0.2) is 47.4 Å². The molecule has 1 amide bonds. The molecular weight excluding hydrogens is 445 g/mol. The van der Waals surface area contributed by atoms with E-state index in [1.165, 1.54) is 25.3 Å². The van der Waals surface area contributed by atoms with E-state index in [0.29, 0.717) is 18.7 Å². The molecule has 3 rings (SSSR count). The van der Waals surface area contributed by atoms with Crippen molar-refractivity contribution in [3.05, 3.63) is 53.6 Å². The number of alkyl halides is 3. The van der Waals surface area contributed by atoms with E-state index in [1.807, 2.05) is 0 Å². The molecule has 1 aliphatic rings. The van der Waals surface area contributed by atoms with Gasteiger partial charge < -0.3 is 9.64 Å². The van der Waals surface area contributed by atoms with Gasteiger partial charge in [-0.15, -0.1) is 0 Å². The smallest absolute Gasteiger partial charge is 0.416 e. The molecule has 1 saturated heterocycles. The van der Waals surface area contributed by atoms with Crippen molar-refractivity contribution in [3.63, 3.8) is 0 Å². The summed E-state index contributed by atoms with van der Waals surface area (Å²) in [4.78, 5) is 14.3. The van der Waals surface area contributed by atoms with Crippen LogP contribution in [-0.2, 0) is 21.0 Å². The molecule has 10 heteroatoms. The molecule has 1 heterocycles. The van der Waals surface area contributed by atoms with Gasteiger partial charge >= 0.3 is 6.18 Å². The number of aryl methyl sites for hydroxylation is 1. The first kappa shape index (κ1) is 23.9. The number of amides is 1. The molecule has 0 aromatic heterocycles. The number of carbonyl (C=O) groups excluding carboxylic acids is 1. The van der Waals surface area contributed by atoms with Crippen LogP contribution < -0.4 is 9.04 Å². The summed E-state index contributed by atoms with van der Waals surface area (Å²) in [6.45, 7) is 2.05. The van der Waals surface area contributed by atoms with Crippen LogP contribution in [0.3, 0.4) is 0 Å². The van der Waals surface area contributed by atoms with Crippen LogP contribution in [0.4, 0.5) is 18.9 Å². The summed E-state index contributed by atoms with van der Waals surface area (Å²) in [5.41, 5.74) is -0.624. The van der Waals surface area contributed by atoms with Crippen molar-refractivity contribution >= 4 is 21.6 Å². The summed E-state index contributed by atoms with van der Waals surface area (Å²) < 4.78 is 73.1. The number of ether oxygens (including phenoxy) is 1. The molecule has 2 aromatic carbocycles. The molecule has 0 aliphatic carbocycles. The Hall–Kier alpha value is -2.75. The lowest BCUT2D eigenvalue weighted by atomic mass is 10.1. The summed E-state index contributed by atoms with van der Waals surface area (Å²) in [7, 11) is -3.12. The van der Waals surface area contributed by atoms with Crippen molar-refractivity contribution in [2.24, 2.45) is 0 Å². The molecule has 1 aliphatic heterocycles. The van der Waals surface area contributed by atoms with Crippen LogP contribution in [0.2, 0.25) is 0 Å². The molecule has 2 aromatic rings. The van der Waals surface area contributed by atoms with E-state index in [1.54, 1.807) is 17.9 Å². The highest BCUT2D eigenvalue weighted by Gasteiger charge is 2.35. The van der Waals surface area contributed by atoms with Gasteiger partial charge in [0.05, 0.1) is 18.4 Å². The van der Waals surface area contributed by atoms with Crippen LogP contribution >= 0.6 is 0 Å². The van der Waals surface area contributed by atoms with E-state index in [4.69, 9.17) is 4.74 Å². The molecule has 174 valence electrons. The summed E-state index contributed by atoms with van der Waals surface area (Å²) in [5.74, 6) is -0.421. The lowest BCUT2D eigenvalue weighted by Gasteiger charge is -2.31. The number of hydrogen-bond donors (Lipinski definition) is 0. The Morgan fingerprint density at radius 2 is 1.78 bits per heavy atom. The van der Waals surface area contributed by atoms with E-state index in [-0.39, 0.29) is 16.3 Å². The average Bonchev–Trinajstić information content (AvgIpc) is 2.77. The Labute approximate surface area is 185 Å².